The molecule has 2 rings (SSSR count). The minimum absolute atomic E-state index is 0.148. The van der Waals surface area contributed by atoms with Gasteiger partial charge in [-0.15, -0.1) is 11.3 Å². The number of ether oxygens (including phenoxy) is 2. The molecule has 4 nitrogen and oxygen atoms in total. The van der Waals surface area contributed by atoms with Crippen LogP contribution in [0.25, 0.3) is 0 Å². The molecule has 26 heavy (non-hydrogen) atoms. The largest absolute Gasteiger partial charge is 0.493 e. The number of benzene rings is 1. The molecule has 1 aromatic carbocycles. The average Bonchev–Trinajstić information content (AvgIpc) is 3.04. The first-order valence-electron chi connectivity index (χ1n) is 8.29. The molecule has 0 radical (unpaired) electrons. The van der Waals surface area contributed by atoms with Gasteiger partial charge in [0.2, 0.25) is 0 Å². The number of alkyl halides is 3. The van der Waals surface area contributed by atoms with E-state index < -0.39 is 17.7 Å². The van der Waals surface area contributed by atoms with Crippen molar-refractivity contribution in [1.82, 2.24) is 4.98 Å². The Kier molecular flexibility index (Phi) is 7.02. The summed E-state index contributed by atoms with van der Waals surface area (Å²) in [5.74, 6) is -0.141. The Bertz CT molecular complexity index is 744. The Morgan fingerprint density at radius 2 is 2.04 bits per heavy atom. The summed E-state index contributed by atoms with van der Waals surface area (Å²) in [5, 5.41) is 2.06. The molecule has 2 aromatic rings. The van der Waals surface area contributed by atoms with Crippen molar-refractivity contribution in [2.45, 2.75) is 39.3 Å². The fourth-order valence-corrected chi connectivity index (χ4v) is 3.00. The summed E-state index contributed by atoms with van der Waals surface area (Å²) in [4.78, 5) is 15.8. The normalized spacial score (nSPS) is 11.4. The van der Waals surface area contributed by atoms with Crippen molar-refractivity contribution in [1.29, 1.82) is 0 Å². The summed E-state index contributed by atoms with van der Waals surface area (Å²) in [7, 11) is 0. The first-order chi connectivity index (χ1) is 12.3. The quantitative estimate of drug-likeness (QED) is 0.467. The predicted molar refractivity (Wildman–Crippen MR) is 92.7 cm³/mol. The van der Waals surface area contributed by atoms with E-state index in [2.05, 4.69) is 4.98 Å². The van der Waals surface area contributed by atoms with Gasteiger partial charge in [-0.05, 0) is 31.5 Å². The van der Waals surface area contributed by atoms with Crippen LogP contribution in [-0.4, -0.2) is 24.2 Å². The topological polar surface area (TPSA) is 48.4 Å². The first-order valence-corrected chi connectivity index (χ1v) is 9.17. The SMILES string of the molecule is CCCCOc1ccc(C(F)(F)F)cc1Cc1nc(C(=O)OCC)cs1. The molecule has 0 saturated carbocycles. The van der Waals surface area contributed by atoms with Crippen molar-refractivity contribution in [3.05, 3.63) is 45.4 Å². The van der Waals surface area contributed by atoms with Gasteiger partial charge >= 0.3 is 12.1 Å². The number of carbonyl (C=O) groups excluding carboxylic acids is 1. The molecule has 0 bridgehead atoms. The number of hydrogen-bond acceptors (Lipinski definition) is 5. The lowest BCUT2D eigenvalue weighted by Gasteiger charge is -2.14. The lowest BCUT2D eigenvalue weighted by molar-refractivity contribution is -0.137. The summed E-state index contributed by atoms with van der Waals surface area (Å²) in [6, 6.07) is 3.43. The number of carbonyl (C=O) groups is 1. The molecule has 0 aliphatic carbocycles. The lowest BCUT2D eigenvalue weighted by atomic mass is 10.1. The van der Waals surface area contributed by atoms with Crippen LogP contribution in [0.15, 0.2) is 23.6 Å². The van der Waals surface area contributed by atoms with E-state index in [-0.39, 0.29) is 18.7 Å². The number of esters is 1. The molecule has 0 aliphatic rings. The van der Waals surface area contributed by atoms with Gasteiger partial charge in [0.15, 0.2) is 5.69 Å². The van der Waals surface area contributed by atoms with Crippen LogP contribution in [0.4, 0.5) is 13.2 Å². The number of hydrogen-bond donors (Lipinski definition) is 0. The number of rotatable bonds is 8. The van der Waals surface area contributed by atoms with Crippen LogP contribution in [0.3, 0.4) is 0 Å². The Morgan fingerprint density at radius 3 is 2.69 bits per heavy atom. The Labute approximate surface area is 154 Å². The molecule has 0 atom stereocenters. The number of aromatic nitrogens is 1. The van der Waals surface area contributed by atoms with Gasteiger partial charge in [0.1, 0.15) is 5.75 Å². The fourth-order valence-electron chi connectivity index (χ4n) is 2.21. The van der Waals surface area contributed by atoms with Gasteiger partial charge in [0, 0.05) is 17.4 Å². The second-order valence-corrected chi connectivity index (χ2v) is 6.49. The van der Waals surface area contributed by atoms with Crippen molar-refractivity contribution < 1.29 is 27.4 Å². The molecule has 142 valence electrons. The zero-order valence-electron chi connectivity index (χ0n) is 14.6. The van der Waals surface area contributed by atoms with Crippen LogP contribution < -0.4 is 4.74 Å². The van der Waals surface area contributed by atoms with Gasteiger partial charge in [-0.3, -0.25) is 0 Å². The summed E-state index contributed by atoms with van der Waals surface area (Å²) in [5.41, 5.74) is -0.189. The third kappa shape index (κ3) is 5.45. The highest BCUT2D eigenvalue weighted by molar-refractivity contribution is 7.09. The molecule has 0 amide bonds. The minimum atomic E-state index is -4.43. The van der Waals surface area contributed by atoms with Gasteiger partial charge in [0.05, 0.1) is 23.8 Å². The van der Waals surface area contributed by atoms with Crippen LogP contribution in [-0.2, 0) is 17.3 Å². The van der Waals surface area contributed by atoms with Crippen molar-refractivity contribution in [3.63, 3.8) is 0 Å². The zero-order valence-corrected chi connectivity index (χ0v) is 15.4. The van der Waals surface area contributed by atoms with E-state index in [0.29, 0.717) is 22.9 Å². The predicted octanol–water partition coefficient (Wildman–Crippen LogP) is 5.11. The highest BCUT2D eigenvalue weighted by Crippen LogP contribution is 2.34. The van der Waals surface area contributed by atoms with Crippen LogP contribution in [0.1, 0.15) is 53.3 Å². The van der Waals surface area contributed by atoms with Gasteiger partial charge in [-0.1, -0.05) is 13.3 Å². The second-order valence-electron chi connectivity index (χ2n) is 5.55. The summed E-state index contributed by atoms with van der Waals surface area (Å²) in [6.45, 7) is 4.35. The lowest BCUT2D eigenvalue weighted by Crippen LogP contribution is -2.08. The van der Waals surface area contributed by atoms with E-state index in [4.69, 9.17) is 9.47 Å². The molecule has 0 N–H and O–H groups in total. The van der Waals surface area contributed by atoms with Crippen molar-refractivity contribution in [2.75, 3.05) is 13.2 Å². The summed E-state index contributed by atoms with van der Waals surface area (Å²) in [6.07, 6.45) is -2.55. The maximum Gasteiger partial charge on any atom is 0.416 e. The number of thiazole rings is 1. The molecule has 1 heterocycles. The average molecular weight is 387 g/mol. The third-order valence-corrected chi connectivity index (χ3v) is 4.37. The highest BCUT2D eigenvalue weighted by atomic mass is 32.1. The van der Waals surface area contributed by atoms with Crippen LogP contribution in [0.2, 0.25) is 0 Å². The summed E-state index contributed by atoms with van der Waals surface area (Å²) < 4.78 is 49.6. The van der Waals surface area contributed by atoms with Gasteiger partial charge in [-0.2, -0.15) is 13.2 Å². The van der Waals surface area contributed by atoms with Crippen LogP contribution in [0, 0.1) is 0 Å². The molecule has 0 fully saturated rings. The molecule has 0 unspecified atom stereocenters. The number of nitrogens with zero attached hydrogens (tertiary/aromatic N) is 1. The van der Waals surface area contributed by atoms with E-state index in [1.807, 2.05) is 6.92 Å². The Balaban J connectivity index is 2.25. The van der Waals surface area contributed by atoms with Gasteiger partial charge < -0.3 is 9.47 Å². The molecule has 8 heteroatoms. The van der Waals surface area contributed by atoms with Crippen LogP contribution >= 0.6 is 11.3 Å². The molecule has 0 spiro atoms. The Morgan fingerprint density at radius 1 is 1.27 bits per heavy atom. The van der Waals surface area contributed by atoms with E-state index in [1.165, 1.54) is 17.4 Å². The maximum atomic E-state index is 13.0. The smallest absolute Gasteiger partial charge is 0.416 e. The van der Waals surface area contributed by atoms with E-state index in [0.717, 1.165) is 25.0 Å². The minimum Gasteiger partial charge on any atom is -0.493 e. The standard InChI is InChI=1S/C18H20F3NO3S/c1-3-5-8-25-15-7-6-13(18(19,20)21)9-12(15)10-16-22-14(11-26-16)17(23)24-4-2/h6-7,9,11H,3-5,8,10H2,1-2H3. The maximum absolute atomic E-state index is 13.0. The highest BCUT2D eigenvalue weighted by Gasteiger charge is 2.31. The second kappa shape index (κ2) is 9.02. The van der Waals surface area contributed by atoms with Crippen LogP contribution in [0.5, 0.6) is 5.75 Å². The van der Waals surface area contributed by atoms with Crippen molar-refractivity contribution in [3.8, 4) is 5.75 Å². The monoisotopic (exact) mass is 387 g/mol. The van der Waals surface area contributed by atoms with Crippen molar-refractivity contribution >= 4 is 17.3 Å². The fraction of sp³-hybridized carbons (Fsp3) is 0.444. The number of unbranched alkanes of at least 4 members (excludes halogenated alkanes) is 1. The van der Waals surface area contributed by atoms with Gasteiger partial charge in [-0.25, -0.2) is 9.78 Å². The molecular formula is C18H20F3NO3S. The Hall–Kier alpha value is -2.09. The molecule has 0 aliphatic heterocycles. The van der Waals surface area contributed by atoms with Crippen molar-refractivity contribution in [2.24, 2.45) is 0 Å². The first kappa shape index (κ1) is 20.2. The van der Waals surface area contributed by atoms with E-state index in [9.17, 15) is 18.0 Å². The van der Waals surface area contributed by atoms with Gasteiger partial charge in [0.25, 0.3) is 0 Å². The molecule has 1 aromatic heterocycles. The third-order valence-electron chi connectivity index (χ3n) is 3.52. The van der Waals surface area contributed by atoms with E-state index >= 15 is 0 Å². The van der Waals surface area contributed by atoms with E-state index in [1.54, 1.807) is 12.3 Å². The number of halogens is 3. The molecule has 0 saturated heterocycles. The zero-order chi connectivity index (χ0) is 19.2. The summed E-state index contributed by atoms with van der Waals surface area (Å²) >= 11 is 1.20. The molecular weight excluding hydrogens is 367 g/mol.